The van der Waals surface area contributed by atoms with E-state index in [1.165, 1.54) is 4.90 Å². The second kappa shape index (κ2) is 5.44. The van der Waals surface area contributed by atoms with E-state index >= 15 is 0 Å². The zero-order chi connectivity index (χ0) is 14.8. The van der Waals surface area contributed by atoms with E-state index in [1.807, 2.05) is 6.07 Å². The molecule has 6 nitrogen and oxygen atoms in total. The predicted octanol–water partition coefficient (Wildman–Crippen LogP) is 1.16. The lowest BCUT2D eigenvalue weighted by molar-refractivity contribution is -0.125. The molecule has 1 aromatic carbocycles. The molecule has 1 saturated heterocycles. The van der Waals surface area contributed by atoms with Gasteiger partial charge in [-0.3, -0.25) is 9.69 Å². The number of ether oxygens (including phenoxy) is 1. The molecular weight excluding hydrogens is 270 g/mol. The zero-order valence-electron chi connectivity index (χ0n) is 11.4. The number of nitrogens with one attached hydrogen (secondary N) is 1. The molecule has 1 aliphatic heterocycles. The normalized spacial score (nSPS) is 20.8. The third-order valence-electron chi connectivity index (χ3n) is 3.64. The minimum atomic E-state index is -0.575. The summed E-state index contributed by atoms with van der Waals surface area (Å²) in [5.41, 5.74) is 1.42. The number of rotatable bonds is 4. The van der Waals surface area contributed by atoms with Crippen LogP contribution in [0.4, 0.5) is 4.79 Å². The standard InChI is InChI=1S/C15H15N3O3/c16-7-10-1-3-11(4-2-10)8-18-13(9-21-15(18)20)14(19)17-12-5-6-12/h1-4,12-13H,5-6,8-9H2,(H,17,19)/t13-/m0/s1. The Morgan fingerprint density at radius 1 is 1.38 bits per heavy atom. The highest BCUT2D eigenvalue weighted by Crippen LogP contribution is 2.21. The topological polar surface area (TPSA) is 82.4 Å². The van der Waals surface area contributed by atoms with Crippen LogP contribution in [0.3, 0.4) is 0 Å². The Hall–Kier alpha value is -2.55. The Morgan fingerprint density at radius 2 is 2.10 bits per heavy atom. The summed E-state index contributed by atoms with van der Waals surface area (Å²) in [5.74, 6) is -0.156. The molecule has 1 atom stereocenters. The van der Waals surface area contributed by atoms with Crippen LogP contribution >= 0.6 is 0 Å². The van der Waals surface area contributed by atoms with Crippen LogP contribution in [0.1, 0.15) is 24.0 Å². The summed E-state index contributed by atoms with van der Waals surface area (Å²) in [6.07, 6.45) is 1.53. The van der Waals surface area contributed by atoms with Gasteiger partial charge in [-0.25, -0.2) is 4.79 Å². The summed E-state index contributed by atoms with van der Waals surface area (Å²) in [6.45, 7) is 0.390. The van der Waals surface area contributed by atoms with Gasteiger partial charge in [0.25, 0.3) is 0 Å². The van der Waals surface area contributed by atoms with Gasteiger partial charge < -0.3 is 10.1 Å². The van der Waals surface area contributed by atoms with Crippen molar-refractivity contribution in [3.05, 3.63) is 35.4 Å². The molecule has 2 amide bonds. The van der Waals surface area contributed by atoms with Crippen molar-refractivity contribution in [2.75, 3.05) is 6.61 Å². The van der Waals surface area contributed by atoms with Crippen molar-refractivity contribution in [2.24, 2.45) is 0 Å². The van der Waals surface area contributed by atoms with Gasteiger partial charge in [-0.15, -0.1) is 0 Å². The number of amides is 2. The summed E-state index contributed by atoms with van der Waals surface area (Å²) in [4.78, 5) is 25.3. The fourth-order valence-electron chi connectivity index (χ4n) is 2.25. The minimum absolute atomic E-state index is 0.0909. The largest absolute Gasteiger partial charge is 0.447 e. The number of carbonyl (C=O) groups excluding carboxylic acids is 2. The van der Waals surface area contributed by atoms with Gasteiger partial charge in [0.2, 0.25) is 5.91 Å². The van der Waals surface area contributed by atoms with Crippen LogP contribution in [0.2, 0.25) is 0 Å². The Bertz CT molecular complexity index is 602. The number of carbonyl (C=O) groups is 2. The van der Waals surface area contributed by atoms with Crippen LogP contribution in [0.25, 0.3) is 0 Å². The van der Waals surface area contributed by atoms with Crippen molar-refractivity contribution in [1.82, 2.24) is 10.2 Å². The van der Waals surface area contributed by atoms with Crippen molar-refractivity contribution in [3.63, 3.8) is 0 Å². The van der Waals surface area contributed by atoms with Crippen LogP contribution in [0, 0.1) is 11.3 Å². The van der Waals surface area contributed by atoms with Crippen molar-refractivity contribution in [3.8, 4) is 6.07 Å². The highest BCUT2D eigenvalue weighted by molar-refractivity contribution is 5.88. The molecule has 108 valence electrons. The molecule has 6 heteroatoms. The lowest BCUT2D eigenvalue weighted by Gasteiger charge is -2.20. The lowest BCUT2D eigenvalue weighted by atomic mass is 10.1. The van der Waals surface area contributed by atoms with E-state index in [0.717, 1.165) is 18.4 Å². The van der Waals surface area contributed by atoms with E-state index in [1.54, 1.807) is 24.3 Å². The number of nitriles is 1. The van der Waals surface area contributed by atoms with Crippen LogP contribution < -0.4 is 5.32 Å². The maximum atomic E-state index is 12.1. The monoisotopic (exact) mass is 285 g/mol. The summed E-state index contributed by atoms with van der Waals surface area (Å²) >= 11 is 0. The molecule has 0 bridgehead atoms. The first-order chi connectivity index (χ1) is 10.2. The first-order valence-corrected chi connectivity index (χ1v) is 6.90. The average molecular weight is 285 g/mol. The number of hydrogen-bond acceptors (Lipinski definition) is 4. The predicted molar refractivity (Wildman–Crippen MR) is 73.0 cm³/mol. The molecule has 1 aliphatic carbocycles. The average Bonchev–Trinajstić information content (AvgIpc) is 3.23. The minimum Gasteiger partial charge on any atom is -0.447 e. The Kier molecular flexibility index (Phi) is 3.48. The van der Waals surface area contributed by atoms with E-state index in [9.17, 15) is 9.59 Å². The van der Waals surface area contributed by atoms with Crippen molar-refractivity contribution < 1.29 is 14.3 Å². The maximum absolute atomic E-state index is 12.1. The summed E-state index contributed by atoms with van der Waals surface area (Å²) in [5, 5.41) is 11.7. The first-order valence-electron chi connectivity index (χ1n) is 6.90. The van der Waals surface area contributed by atoms with Crippen LogP contribution in [-0.2, 0) is 16.1 Å². The van der Waals surface area contributed by atoms with Gasteiger partial charge in [-0.2, -0.15) is 5.26 Å². The van der Waals surface area contributed by atoms with E-state index in [0.29, 0.717) is 12.1 Å². The second-order valence-electron chi connectivity index (χ2n) is 5.31. The molecule has 2 aliphatic rings. The SMILES string of the molecule is N#Cc1ccc(CN2C(=O)OC[C@H]2C(=O)NC2CC2)cc1. The van der Waals surface area contributed by atoms with Gasteiger partial charge in [0.15, 0.2) is 0 Å². The molecule has 1 heterocycles. The van der Waals surface area contributed by atoms with Gasteiger partial charge in [0.1, 0.15) is 12.6 Å². The highest BCUT2D eigenvalue weighted by Gasteiger charge is 2.39. The molecule has 21 heavy (non-hydrogen) atoms. The first kappa shape index (κ1) is 13.4. The number of nitrogens with zero attached hydrogens (tertiary/aromatic N) is 2. The van der Waals surface area contributed by atoms with Crippen molar-refractivity contribution in [1.29, 1.82) is 5.26 Å². The summed E-state index contributed by atoms with van der Waals surface area (Å²) in [6, 6.07) is 8.66. The molecule has 1 saturated carbocycles. The number of benzene rings is 1. The third kappa shape index (κ3) is 2.97. The smallest absolute Gasteiger partial charge is 0.410 e. The molecule has 3 rings (SSSR count). The van der Waals surface area contributed by atoms with Crippen molar-refractivity contribution >= 4 is 12.0 Å². The fourth-order valence-corrected chi connectivity index (χ4v) is 2.25. The van der Waals surface area contributed by atoms with E-state index in [-0.39, 0.29) is 18.6 Å². The Labute approximate surface area is 122 Å². The Balaban J connectivity index is 1.69. The third-order valence-corrected chi connectivity index (χ3v) is 3.64. The van der Waals surface area contributed by atoms with Crippen LogP contribution in [0.5, 0.6) is 0 Å². The molecule has 1 N–H and O–H groups in total. The van der Waals surface area contributed by atoms with Crippen molar-refractivity contribution in [2.45, 2.75) is 31.5 Å². The fraction of sp³-hybridized carbons (Fsp3) is 0.400. The van der Waals surface area contributed by atoms with Crippen LogP contribution in [0.15, 0.2) is 24.3 Å². The van der Waals surface area contributed by atoms with E-state index in [4.69, 9.17) is 10.00 Å². The van der Waals surface area contributed by atoms with E-state index < -0.39 is 12.1 Å². The maximum Gasteiger partial charge on any atom is 0.410 e. The zero-order valence-corrected chi connectivity index (χ0v) is 11.4. The van der Waals surface area contributed by atoms with E-state index in [2.05, 4.69) is 5.32 Å². The molecule has 0 aromatic heterocycles. The summed E-state index contributed by atoms with van der Waals surface area (Å²) < 4.78 is 4.99. The van der Waals surface area contributed by atoms with Gasteiger partial charge in [0, 0.05) is 6.04 Å². The molecule has 0 unspecified atom stereocenters. The molecule has 0 radical (unpaired) electrons. The molecule has 2 fully saturated rings. The molecular formula is C15H15N3O3. The second-order valence-corrected chi connectivity index (χ2v) is 5.31. The van der Waals surface area contributed by atoms with Gasteiger partial charge >= 0.3 is 6.09 Å². The number of hydrogen-bond donors (Lipinski definition) is 1. The van der Waals surface area contributed by atoms with Gasteiger partial charge in [-0.05, 0) is 30.5 Å². The molecule has 1 aromatic rings. The summed E-state index contributed by atoms with van der Waals surface area (Å²) in [7, 11) is 0. The molecule has 0 spiro atoms. The van der Waals surface area contributed by atoms with Gasteiger partial charge in [0.05, 0.1) is 18.2 Å². The quantitative estimate of drug-likeness (QED) is 0.899. The van der Waals surface area contributed by atoms with Crippen LogP contribution in [-0.4, -0.2) is 35.6 Å². The van der Waals surface area contributed by atoms with Gasteiger partial charge in [-0.1, -0.05) is 12.1 Å². The number of cyclic esters (lactones) is 1. The lowest BCUT2D eigenvalue weighted by Crippen LogP contribution is -2.46. The Morgan fingerprint density at radius 3 is 2.71 bits per heavy atom. The highest BCUT2D eigenvalue weighted by atomic mass is 16.6.